The minimum absolute atomic E-state index is 0.112. The molecule has 0 spiro atoms. The van der Waals surface area contributed by atoms with E-state index < -0.39 is 0 Å². The van der Waals surface area contributed by atoms with Gasteiger partial charge in [-0.25, -0.2) is 4.79 Å². The van der Waals surface area contributed by atoms with Gasteiger partial charge in [-0.3, -0.25) is 4.98 Å². The number of ether oxygens (including phenoxy) is 3. The van der Waals surface area contributed by atoms with E-state index >= 15 is 0 Å². The zero-order chi connectivity index (χ0) is 18.9. The van der Waals surface area contributed by atoms with E-state index in [4.69, 9.17) is 14.2 Å². The van der Waals surface area contributed by atoms with Gasteiger partial charge in [-0.15, -0.1) is 0 Å². The maximum absolute atomic E-state index is 12.6. The zero-order valence-electron chi connectivity index (χ0n) is 15.5. The number of para-hydroxylation sites is 2. The van der Waals surface area contributed by atoms with Crippen LogP contribution in [-0.4, -0.2) is 55.4 Å². The molecule has 144 valence electrons. The number of urea groups is 1. The summed E-state index contributed by atoms with van der Waals surface area (Å²) in [6.45, 7) is 2.22. The van der Waals surface area contributed by atoms with Crippen LogP contribution in [0.25, 0.3) is 0 Å². The van der Waals surface area contributed by atoms with Crippen molar-refractivity contribution in [2.45, 2.75) is 18.9 Å². The lowest BCUT2D eigenvalue weighted by Crippen LogP contribution is -2.43. The van der Waals surface area contributed by atoms with Crippen LogP contribution >= 0.6 is 0 Å². The maximum Gasteiger partial charge on any atom is 0.321 e. The Balaban J connectivity index is 1.50. The van der Waals surface area contributed by atoms with Gasteiger partial charge in [0.2, 0.25) is 0 Å². The number of anilines is 1. The Morgan fingerprint density at radius 1 is 1.15 bits per heavy atom. The van der Waals surface area contributed by atoms with Crippen molar-refractivity contribution in [2.75, 3.05) is 38.7 Å². The first-order chi connectivity index (χ1) is 13.3. The normalized spacial score (nSPS) is 14.6. The number of piperidine rings is 1. The van der Waals surface area contributed by atoms with Gasteiger partial charge in [-0.05, 0) is 24.3 Å². The lowest BCUT2D eigenvalue weighted by molar-refractivity contribution is 0.115. The lowest BCUT2D eigenvalue weighted by atomic mass is 10.1. The predicted octanol–water partition coefficient (Wildman–Crippen LogP) is 3.18. The summed E-state index contributed by atoms with van der Waals surface area (Å²) >= 11 is 0. The minimum atomic E-state index is -0.125. The van der Waals surface area contributed by atoms with Crippen molar-refractivity contribution < 1.29 is 19.0 Å². The van der Waals surface area contributed by atoms with E-state index in [0.717, 1.165) is 18.6 Å². The molecule has 1 aromatic heterocycles. The fourth-order valence-electron chi connectivity index (χ4n) is 2.91. The number of hydrogen-bond donors (Lipinski definition) is 1. The van der Waals surface area contributed by atoms with Crippen molar-refractivity contribution in [2.24, 2.45) is 0 Å². The summed E-state index contributed by atoms with van der Waals surface area (Å²) in [4.78, 5) is 18.4. The second-order valence-electron chi connectivity index (χ2n) is 6.25. The monoisotopic (exact) mass is 371 g/mol. The van der Waals surface area contributed by atoms with Gasteiger partial charge in [0.05, 0.1) is 12.3 Å². The topological polar surface area (TPSA) is 72.9 Å². The van der Waals surface area contributed by atoms with E-state index in [1.807, 2.05) is 36.4 Å². The van der Waals surface area contributed by atoms with Crippen LogP contribution in [0.3, 0.4) is 0 Å². The molecule has 2 amide bonds. The van der Waals surface area contributed by atoms with Gasteiger partial charge in [0.1, 0.15) is 24.2 Å². The first kappa shape index (κ1) is 19.0. The molecular weight excluding hydrogens is 346 g/mol. The Bertz CT molecular complexity index is 718. The minimum Gasteiger partial charge on any atom is -0.490 e. The number of pyridine rings is 1. The van der Waals surface area contributed by atoms with E-state index in [2.05, 4.69) is 10.3 Å². The Labute approximate surface area is 159 Å². The molecule has 0 bridgehead atoms. The van der Waals surface area contributed by atoms with Crippen LogP contribution in [-0.2, 0) is 4.74 Å². The summed E-state index contributed by atoms with van der Waals surface area (Å²) in [5.41, 5.74) is 0.661. The molecule has 1 aliphatic heterocycles. The fourth-order valence-corrected chi connectivity index (χ4v) is 2.91. The highest BCUT2D eigenvalue weighted by Gasteiger charge is 2.24. The number of rotatable bonds is 7. The van der Waals surface area contributed by atoms with E-state index in [1.165, 1.54) is 0 Å². The number of hydrogen-bond acceptors (Lipinski definition) is 5. The molecule has 0 unspecified atom stereocenters. The Kier molecular flexibility index (Phi) is 6.87. The zero-order valence-corrected chi connectivity index (χ0v) is 15.5. The highest BCUT2D eigenvalue weighted by molar-refractivity contribution is 5.91. The third-order valence-corrected chi connectivity index (χ3v) is 4.36. The highest BCUT2D eigenvalue weighted by Crippen LogP contribution is 2.25. The molecule has 1 aromatic carbocycles. The molecule has 2 heterocycles. The van der Waals surface area contributed by atoms with Gasteiger partial charge >= 0.3 is 6.03 Å². The number of aromatic nitrogens is 1. The molecule has 7 nitrogen and oxygen atoms in total. The molecular formula is C20H25N3O4. The number of likely N-dealkylation sites (tertiary alicyclic amines) is 1. The molecule has 1 saturated heterocycles. The van der Waals surface area contributed by atoms with E-state index in [9.17, 15) is 4.79 Å². The van der Waals surface area contributed by atoms with Crippen molar-refractivity contribution in [3.8, 4) is 11.5 Å². The second-order valence-corrected chi connectivity index (χ2v) is 6.25. The van der Waals surface area contributed by atoms with Crippen molar-refractivity contribution in [3.05, 3.63) is 48.8 Å². The summed E-state index contributed by atoms with van der Waals surface area (Å²) < 4.78 is 16.6. The van der Waals surface area contributed by atoms with E-state index in [1.54, 1.807) is 24.4 Å². The number of carbonyl (C=O) groups is 1. The number of amides is 2. The van der Waals surface area contributed by atoms with Gasteiger partial charge in [-0.2, -0.15) is 0 Å². The number of benzene rings is 1. The van der Waals surface area contributed by atoms with Crippen LogP contribution < -0.4 is 14.8 Å². The molecule has 0 saturated carbocycles. The molecule has 0 atom stereocenters. The smallest absolute Gasteiger partial charge is 0.321 e. The summed E-state index contributed by atoms with van der Waals surface area (Å²) in [5.74, 6) is 1.45. The molecule has 2 aromatic rings. The number of carbonyl (C=O) groups excluding carboxylic acids is 1. The SMILES string of the molecule is COCCOc1ccccc1NC(=O)N1CCC(Oc2ccncc2)CC1. The Hall–Kier alpha value is -2.80. The second kappa shape index (κ2) is 9.78. The van der Waals surface area contributed by atoms with Crippen LogP contribution in [0.1, 0.15) is 12.8 Å². The van der Waals surface area contributed by atoms with Gasteiger partial charge < -0.3 is 24.4 Å². The summed E-state index contributed by atoms with van der Waals surface area (Å²) in [7, 11) is 1.62. The standard InChI is InChI=1S/C20H25N3O4/c1-25-14-15-26-19-5-3-2-4-18(19)22-20(24)23-12-8-17(9-13-23)27-16-6-10-21-11-7-16/h2-7,10-11,17H,8-9,12-15H2,1H3,(H,22,24). The molecule has 0 radical (unpaired) electrons. The van der Waals surface area contributed by atoms with Gasteiger partial charge in [-0.1, -0.05) is 12.1 Å². The first-order valence-electron chi connectivity index (χ1n) is 9.09. The fraction of sp³-hybridized carbons (Fsp3) is 0.400. The van der Waals surface area contributed by atoms with Gasteiger partial charge in [0.15, 0.2) is 0 Å². The van der Waals surface area contributed by atoms with Crippen LogP contribution in [0.5, 0.6) is 11.5 Å². The quantitative estimate of drug-likeness (QED) is 0.757. The summed E-state index contributed by atoms with van der Waals surface area (Å²) in [5, 5.41) is 2.94. The van der Waals surface area contributed by atoms with Crippen LogP contribution in [0.4, 0.5) is 10.5 Å². The van der Waals surface area contributed by atoms with E-state index in [0.29, 0.717) is 37.7 Å². The molecule has 3 rings (SSSR count). The summed E-state index contributed by atoms with van der Waals surface area (Å²) in [6, 6.07) is 11.0. The number of methoxy groups -OCH3 is 1. The van der Waals surface area contributed by atoms with Crippen molar-refractivity contribution in [1.29, 1.82) is 0 Å². The molecule has 1 aliphatic rings. The average Bonchev–Trinajstić information content (AvgIpc) is 2.71. The highest BCUT2D eigenvalue weighted by atomic mass is 16.5. The molecule has 0 aliphatic carbocycles. The first-order valence-corrected chi connectivity index (χ1v) is 9.09. The number of nitrogens with one attached hydrogen (secondary N) is 1. The third-order valence-electron chi connectivity index (χ3n) is 4.36. The van der Waals surface area contributed by atoms with E-state index in [-0.39, 0.29) is 12.1 Å². The maximum atomic E-state index is 12.6. The summed E-state index contributed by atoms with van der Waals surface area (Å²) in [6.07, 6.45) is 5.12. The predicted molar refractivity (Wildman–Crippen MR) is 102 cm³/mol. The Morgan fingerprint density at radius 2 is 1.89 bits per heavy atom. The number of nitrogens with zero attached hydrogens (tertiary/aromatic N) is 2. The molecule has 1 N–H and O–H groups in total. The van der Waals surface area contributed by atoms with Crippen molar-refractivity contribution in [3.63, 3.8) is 0 Å². The lowest BCUT2D eigenvalue weighted by Gasteiger charge is -2.32. The third kappa shape index (κ3) is 5.59. The van der Waals surface area contributed by atoms with Crippen molar-refractivity contribution >= 4 is 11.7 Å². The van der Waals surface area contributed by atoms with Gasteiger partial charge in [0, 0.05) is 45.4 Å². The Morgan fingerprint density at radius 3 is 2.63 bits per heavy atom. The average molecular weight is 371 g/mol. The molecule has 7 heteroatoms. The van der Waals surface area contributed by atoms with Crippen LogP contribution in [0.2, 0.25) is 0 Å². The molecule has 27 heavy (non-hydrogen) atoms. The molecule has 1 fully saturated rings. The van der Waals surface area contributed by atoms with Gasteiger partial charge in [0.25, 0.3) is 0 Å². The largest absolute Gasteiger partial charge is 0.490 e. The van der Waals surface area contributed by atoms with Crippen LogP contribution in [0, 0.1) is 0 Å². The van der Waals surface area contributed by atoms with Crippen LogP contribution in [0.15, 0.2) is 48.8 Å². The van der Waals surface area contributed by atoms with Crippen molar-refractivity contribution in [1.82, 2.24) is 9.88 Å².